The average molecular weight is 148 g/mol. The second-order valence-corrected chi connectivity index (χ2v) is 2.73. The van der Waals surface area contributed by atoms with Gasteiger partial charge >= 0.3 is 0 Å². The zero-order valence-electron chi connectivity index (χ0n) is 6.81. The quantitative estimate of drug-likeness (QED) is 0.520. The zero-order chi connectivity index (χ0) is 8.10. The van der Waals surface area contributed by atoms with E-state index in [0.717, 1.165) is 25.7 Å². The van der Waals surface area contributed by atoms with Crippen LogP contribution in [-0.2, 0) is 4.79 Å². The van der Waals surface area contributed by atoms with E-state index >= 15 is 0 Å². The topological polar surface area (TPSA) is 17.1 Å². The van der Waals surface area contributed by atoms with Crippen molar-refractivity contribution in [1.82, 2.24) is 0 Å². The lowest BCUT2D eigenvalue weighted by molar-refractivity contribution is -0.115. The fourth-order valence-electron chi connectivity index (χ4n) is 1.20. The summed E-state index contributed by atoms with van der Waals surface area (Å²) < 4.78 is 0. The number of allylic oxidation sites excluding steroid dienone is 2. The van der Waals surface area contributed by atoms with Crippen molar-refractivity contribution < 1.29 is 4.79 Å². The Balaban J connectivity index is 2.54. The van der Waals surface area contributed by atoms with Gasteiger partial charge in [0.25, 0.3) is 0 Å². The van der Waals surface area contributed by atoms with Crippen LogP contribution in [0, 0.1) is 11.8 Å². The van der Waals surface area contributed by atoms with Crippen LogP contribution < -0.4 is 0 Å². The van der Waals surface area contributed by atoms with Gasteiger partial charge in [0.1, 0.15) is 0 Å². The number of carbonyl (C=O) groups excluding carboxylic acids is 1. The minimum atomic E-state index is 0.268. The highest BCUT2D eigenvalue weighted by atomic mass is 16.1. The van der Waals surface area contributed by atoms with E-state index in [1.165, 1.54) is 5.57 Å². The maximum absolute atomic E-state index is 10.9. The predicted molar refractivity (Wildman–Crippen MR) is 45.0 cm³/mol. The highest BCUT2D eigenvalue weighted by Crippen LogP contribution is 2.17. The van der Waals surface area contributed by atoms with Crippen LogP contribution in [0.2, 0.25) is 0 Å². The standard InChI is InChI=1S/C10H12O/c1-2-3-5-9-6-4-7-10(11)8-9/h8H,4-7H2,1H3. The summed E-state index contributed by atoms with van der Waals surface area (Å²) in [6, 6.07) is 0. The summed E-state index contributed by atoms with van der Waals surface area (Å²) in [5, 5.41) is 0. The molecule has 0 aromatic carbocycles. The van der Waals surface area contributed by atoms with Crippen molar-refractivity contribution in [3.8, 4) is 11.8 Å². The Hall–Kier alpha value is -1.03. The van der Waals surface area contributed by atoms with Crippen LogP contribution in [0.5, 0.6) is 0 Å². The number of hydrogen-bond acceptors (Lipinski definition) is 1. The molecule has 0 saturated carbocycles. The Morgan fingerprint density at radius 2 is 2.36 bits per heavy atom. The molecule has 0 spiro atoms. The summed E-state index contributed by atoms with van der Waals surface area (Å²) >= 11 is 0. The maximum Gasteiger partial charge on any atom is 0.155 e. The van der Waals surface area contributed by atoms with Crippen molar-refractivity contribution in [2.45, 2.75) is 32.6 Å². The molecular weight excluding hydrogens is 136 g/mol. The van der Waals surface area contributed by atoms with Crippen molar-refractivity contribution in [3.05, 3.63) is 11.6 Å². The van der Waals surface area contributed by atoms with E-state index < -0.39 is 0 Å². The summed E-state index contributed by atoms with van der Waals surface area (Å²) in [4.78, 5) is 10.9. The molecule has 0 N–H and O–H groups in total. The second-order valence-electron chi connectivity index (χ2n) is 2.73. The largest absolute Gasteiger partial charge is 0.295 e. The Bertz CT molecular complexity index is 237. The molecule has 58 valence electrons. The third-order valence-electron chi connectivity index (χ3n) is 1.78. The number of ketones is 1. The zero-order valence-corrected chi connectivity index (χ0v) is 6.81. The van der Waals surface area contributed by atoms with Crippen LogP contribution in [0.4, 0.5) is 0 Å². The molecule has 0 radical (unpaired) electrons. The van der Waals surface area contributed by atoms with Gasteiger partial charge in [0.2, 0.25) is 0 Å². The molecule has 0 aromatic heterocycles. The Morgan fingerprint density at radius 3 is 3.00 bits per heavy atom. The molecule has 0 bridgehead atoms. The van der Waals surface area contributed by atoms with Gasteiger partial charge in [0.15, 0.2) is 5.78 Å². The second kappa shape index (κ2) is 3.98. The highest BCUT2D eigenvalue weighted by molar-refractivity contribution is 5.91. The lowest BCUT2D eigenvalue weighted by Crippen LogP contribution is -2.01. The molecule has 0 saturated heterocycles. The molecular formula is C10H12O. The molecule has 11 heavy (non-hydrogen) atoms. The minimum Gasteiger partial charge on any atom is -0.295 e. The van der Waals surface area contributed by atoms with Gasteiger partial charge in [-0.25, -0.2) is 0 Å². The fourth-order valence-corrected chi connectivity index (χ4v) is 1.20. The molecule has 1 nitrogen and oxygen atoms in total. The van der Waals surface area contributed by atoms with Crippen LogP contribution in [0.1, 0.15) is 32.6 Å². The first-order valence-corrected chi connectivity index (χ1v) is 3.95. The molecule has 1 heteroatoms. The summed E-state index contributed by atoms with van der Waals surface area (Å²) in [7, 11) is 0. The van der Waals surface area contributed by atoms with Gasteiger partial charge < -0.3 is 0 Å². The maximum atomic E-state index is 10.9. The van der Waals surface area contributed by atoms with Gasteiger partial charge in [-0.3, -0.25) is 4.79 Å². The van der Waals surface area contributed by atoms with Crippen molar-refractivity contribution in [2.24, 2.45) is 0 Å². The summed E-state index contributed by atoms with van der Waals surface area (Å²) in [5.74, 6) is 6.06. The monoisotopic (exact) mass is 148 g/mol. The number of hydrogen-bond donors (Lipinski definition) is 0. The van der Waals surface area contributed by atoms with E-state index in [-0.39, 0.29) is 5.78 Å². The van der Waals surface area contributed by atoms with E-state index in [0.29, 0.717) is 0 Å². The van der Waals surface area contributed by atoms with E-state index in [1.54, 1.807) is 6.08 Å². The molecule has 1 rings (SSSR count). The van der Waals surface area contributed by atoms with Gasteiger partial charge in [0.05, 0.1) is 0 Å². The molecule has 0 aliphatic heterocycles. The first kappa shape index (κ1) is 8.07. The van der Waals surface area contributed by atoms with Gasteiger partial charge in [-0.2, -0.15) is 0 Å². The SMILES string of the molecule is CC#CCC1=CC(=O)CCC1. The van der Waals surface area contributed by atoms with Gasteiger partial charge in [-0.15, -0.1) is 5.92 Å². The first-order valence-electron chi connectivity index (χ1n) is 3.95. The lowest BCUT2D eigenvalue weighted by Gasteiger charge is -2.07. The molecule has 0 aromatic rings. The van der Waals surface area contributed by atoms with Crippen LogP contribution in [0.25, 0.3) is 0 Å². The van der Waals surface area contributed by atoms with Crippen molar-refractivity contribution in [2.75, 3.05) is 0 Å². The summed E-state index contributed by atoms with van der Waals surface area (Å²) in [6.45, 7) is 1.82. The van der Waals surface area contributed by atoms with Gasteiger partial charge in [0, 0.05) is 12.8 Å². The molecule has 1 aliphatic carbocycles. The van der Waals surface area contributed by atoms with Crippen LogP contribution in [0.3, 0.4) is 0 Å². The third kappa shape index (κ3) is 2.59. The van der Waals surface area contributed by atoms with E-state index in [9.17, 15) is 4.79 Å². The van der Waals surface area contributed by atoms with Crippen LogP contribution in [0.15, 0.2) is 11.6 Å². The Morgan fingerprint density at radius 1 is 1.55 bits per heavy atom. The molecule has 0 fully saturated rings. The van der Waals surface area contributed by atoms with E-state index in [1.807, 2.05) is 6.92 Å². The number of carbonyl (C=O) groups is 1. The minimum absolute atomic E-state index is 0.268. The van der Waals surface area contributed by atoms with Gasteiger partial charge in [-0.05, 0) is 25.8 Å². The molecule has 0 atom stereocenters. The smallest absolute Gasteiger partial charge is 0.155 e. The van der Waals surface area contributed by atoms with Gasteiger partial charge in [-0.1, -0.05) is 11.5 Å². The Labute approximate surface area is 67.5 Å². The van der Waals surface area contributed by atoms with Crippen LogP contribution >= 0.6 is 0 Å². The number of rotatable bonds is 1. The molecule has 0 heterocycles. The summed E-state index contributed by atoms with van der Waals surface area (Å²) in [6.07, 6.45) is 5.33. The van der Waals surface area contributed by atoms with E-state index in [4.69, 9.17) is 0 Å². The Kier molecular flexibility index (Phi) is 2.92. The third-order valence-corrected chi connectivity index (χ3v) is 1.78. The van der Waals surface area contributed by atoms with Crippen molar-refractivity contribution in [1.29, 1.82) is 0 Å². The van der Waals surface area contributed by atoms with E-state index in [2.05, 4.69) is 11.8 Å². The highest BCUT2D eigenvalue weighted by Gasteiger charge is 2.07. The normalized spacial score (nSPS) is 16.8. The van der Waals surface area contributed by atoms with Crippen molar-refractivity contribution >= 4 is 5.78 Å². The molecule has 1 aliphatic rings. The summed E-state index contributed by atoms with van der Waals surface area (Å²) in [5.41, 5.74) is 1.20. The van der Waals surface area contributed by atoms with Crippen LogP contribution in [-0.4, -0.2) is 5.78 Å². The fraction of sp³-hybridized carbons (Fsp3) is 0.500. The molecule has 0 amide bonds. The predicted octanol–water partition coefficient (Wildman–Crippen LogP) is 2.08. The lowest BCUT2D eigenvalue weighted by atomic mass is 9.97. The van der Waals surface area contributed by atoms with Crippen molar-refractivity contribution in [3.63, 3.8) is 0 Å². The average Bonchev–Trinajstić information content (AvgIpc) is 2.01. The first-order chi connectivity index (χ1) is 5.33. The molecule has 0 unspecified atom stereocenters.